The highest BCUT2D eigenvalue weighted by atomic mass is 32.1. The van der Waals surface area contributed by atoms with Crippen molar-refractivity contribution in [3.05, 3.63) is 51.7 Å². The number of aryl methyl sites for hydroxylation is 1. The molecule has 17 heavy (non-hydrogen) atoms. The van der Waals surface area contributed by atoms with Gasteiger partial charge in [-0.1, -0.05) is 12.1 Å². The van der Waals surface area contributed by atoms with Crippen molar-refractivity contribution in [2.75, 3.05) is 7.11 Å². The molecule has 1 aromatic carbocycles. The van der Waals surface area contributed by atoms with Gasteiger partial charge >= 0.3 is 0 Å². The normalized spacial score (nSPS) is 10.5. The first-order chi connectivity index (χ1) is 8.29. The lowest BCUT2D eigenvalue weighted by Gasteiger charge is -2.05. The van der Waals surface area contributed by atoms with Gasteiger partial charge in [0.15, 0.2) is 0 Å². The molecular weight excluding hydrogens is 230 g/mol. The predicted molar refractivity (Wildman–Crippen MR) is 72.6 cm³/mol. The average molecular weight is 247 g/mol. The summed E-state index contributed by atoms with van der Waals surface area (Å²) in [6, 6.07) is 10.3. The standard InChI is InChI=1S/C14H17NOS/c1-11-7-8-17-14(11)10-15-9-12-3-5-13(16-2)6-4-12/h3-8,15H,9-10H2,1-2H3. The van der Waals surface area contributed by atoms with E-state index < -0.39 is 0 Å². The van der Waals surface area contributed by atoms with Crippen LogP contribution in [-0.2, 0) is 13.1 Å². The van der Waals surface area contributed by atoms with Crippen LogP contribution in [0.3, 0.4) is 0 Å². The molecule has 0 saturated heterocycles. The molecule has 1 aromatic heterocycles. The van der Waals surface area contributed by atoms with E-state index in [0.717, 1.165) is 18.8 Å². The van der Waals surface area contributed by atoms with Gasteiger partial charge in [-0.25, -0.2) is 0 Å². The fourth-order valence-corrected chi connectivity index (χ4v) is 2.52. The topological polar surface area (TPSA) is 21.3 Å². The first-order valence-electron chi connectivity index (χ1n) is 5.66. The molecular formula is C14H17NOS. The highest BCUT2D eigenvalue weighted by Crippen LogP contribution is 2.15. The predicted octanol–water partition coefficient (Wildman–Crippen LogP) is 3.35. The van der Waals surface area contributed by atoms with Crippen LogP contribution in [0.4, 0.5) is 0 Å². The van der Waals surface area contributed by atoms with Crippen molar-refractivity contribution in [1.82, 2.24) is 5.32 Å². The van der Waals surface area contributed by atoms with Crippen LogP contribution in [0.1, 0.15) is 16.0 Å². The van der Waals surface area contributed by atoms with Crippen molar-refractivity contribution in [2.24, 2.45) is 0 Å². The van der Waals surface area contributed by atoms with Crippen molar-refractivity contribution in [3.63, 3.8) is 0 Å². The van der Waals surface area contributed by atoms with E-state index in [0.29, 0.717) is 0 Å². The van der Waals surface area contributed by atoms with Crippen molar-refractivity contribution >= 4 is 11.3 Å². The number of hydrogen-bond acceptors (Lipinski definition) is 3. The first kappa shape index (κ1) is 12.1. The summed E-state index contributed by atoms with van der Waals surface area (Å²) in [7, 11) is 1.69. The van der Waals surface area contributed by atoms with Crippen LogP contribution < -0.4 is 10.1 Å². The van der Waals surface area contributed by atoms with Crippen LogP contribution in [0.15, 0.2) is 35.7 Å². The SMILES string of the molecule is COc1ccc(CNCc2sccc2C)cc1. The van der Waals surface area contributed by atoms with E-state index in [-0.39, 0.29) is 0 Å². The van der Waals surface area contributed by atoms with Crippen molar-refractivity contribution < 1.29 is 4.74 Å². The molecule has 0 saturated carbocycles. The summed E-state index contributed by atoms with van der Waals surface area (Å²) < 4.78 is 5.13. The summed E-state index contributed by atoms with van der Waals surface area (Å²) >= 11 is 1.81. The van der Waals surface area contributed by atoms with Crippen LogP contribution in [0.2, 0.25) is 0 Å². The molecule has 1 N–H and O–H groups in total. The van der Waals surface area contributed by atoms with Gasteiger partial charge in [-0.2, -0.15) is 0 Å². The molecule has 0 spiro atoms. The molecule has 2 rings (SSSR count). The van der Waals surface area contributed by atoms with E-state index >= 15 is 0 Å². The Balaban J connectivity index is 1.83. The molecule has 2 aromatic rings. The van der Waals surface area contributed by atoms with E-state index in [1.165, 1.54) is 16.0 Å². The Labute approximate surface area is 106 Å². The monoisotopic (exact) mass is 247 g/mol. The Hall–Kier alpha value is -1.32. The molecule has 0 unspecified atom stereocenters. The van der Waals surface area contributed by atoms with Gasteiger partial charge in [-0.3, -0.25) is 0 Å². The molecule has 0 aliphatic rings. The molecule has 0 fully saturated rings. The molecule has 0 aliphatic carbocycles. The summed E-state index contributed by atoms with van der Waals surface area (Å²) in [5.74, 6) is 0.905. The highest BCUT2D eigenvalue weighted by molar-refractivity contribution is 7.10. The fraction of sp³-hybridized carbons (Fsp3) is 0.286. The van der Waals surface area contributed by atoms with Gasteiger partial charge in [-0.05, 0) is 41.6 Å². The van der Waals surface area contributed by atoms with Crippen LogP contribution in [0.25, 0.3) is 0 Å². The van der Waals surface area contributed by atoms with Crippen LogP contribution in [-0.4, -0.2) is 7.11 Å². The highest BCUT2D eigenvalue weighted by Gasteiger charge is 1.99. The van der Waals surface area contributed by atoms with E-state index in [2.05, 4.69) is 35.8 Å². The van der Waals surface area contributed by atoms with Gasteiger partial charge < -0.3 is 10.1 Å². The molecule has 2 nitrogen and oxygen atoms in total. The largest absolute Gasteiger partial charge is 0.497 e. The first-order valence-corrected chi connectivity index (χ1v) is 6.54. The van der Waals surface area contributed by atoms with Gasteiger partial charge in [0.2, 0.25) is 0 Å². The molecule has 0 aliphatic heterocycles. The van der Waals surface area contributed by atoms with E-state index in [9.17, 15) is 0 Å². The molecule has 90 valence electrons. The summed E-state index contributed by atoms with van der Waals surface area (Å²) in [5, 5.41) is 5.59. The Kier molecular flexibility index (Phi) is 4.18. The van der Waals surface area contributed by atoms with Gasteiger partial charge in [-0.15, -0.1) is 11.3 Å². The average Bonchev–Trinajstić information content (AvgIpc) is 2.76. The van der Waals surface area contributed by atoms with Gasteiger partial charge in [0.05, 0.1) is 7.11 Å². The minimum absolute atomic E-state index is 0.890. The zero-order valence-corrected chi connectivity index (χ0v) is 11.0. The number of benzene rings is 1. The Morgan fingerprint density at radius 3 is 2.47 bits per heavy atom. The minimum Gasteiger partial charge on any atom is -0.497 e. The van der Waals surface area contributed by atoms with E-state index in [1.54, 1.807) is 7.11 Å². The van der Waals surface area contributed by atoms with Crippen LogP contribution >= 0.6 is 11.3 Å². The Bertz CT molecular complexity index is 461. The number of methoxy groups -OCH3 is 1. The maximum absolute atomic E-state index is 5.13. The van der Waals surface area contributed by atoms with Gasteiger partial charge in [0.25, 0.3) is 0 Å². The third kappa shape index (κ3) is 3.32. The second-order valence-corrected chi connectivity index (χ2v) is 4.98. The Morgan fingerprint density at radius 1 is 1.12 bits per heavy atom. The third-order valence-electron chi connectivity index (χ3n) is 2.74. The zero-order valence-electron chi connectivity index (χ0n) is 10.2. The molecule has 1 heterocycles. The lowest BCUT2D eigenvalue weighted by molar-refractivity contribution is 0.414. The second kappa shape index (κ2) is 5.84. The lowest BCUT2D eigenvalue weighted by atomic mass is 10.2. The van der Waals surface area contributed by atoms with Crippen molar-refractivity contribution in [2.45, 2.75) is 20.0 Å². The molecule has 0 amide bonds. The number of hydrogen-bond donors (Lipinski definition) is 1. The molecule has 3 heteroatoms. The third-order valence-corrected chi connectivity index (χ3v) is 3.76. The summed E-state index contributed by atoms with van der Waals surface area (Å²) in [6.07, 6.45) is 0. The van der Waals surface area contributed by atoms with E-state index in [4.69, 9.17) is 4.74 Å². The van der Waals surface area contributed by atoms with Gasteiger partial charge in [0.1, 0.15) is 5.75 Å². The quantitative estimate of drug-likeness (QED) is 0.875. The molecule has 0 bridgehead atoms. The number of rotatable bonds is 5. The molecule has 0 radical (unpaired) electrons. The summed E-state index contributed by atoms with van der Waals surface area (Å²) in [4.78, 5) is 1.42. The zero-order chi connectivity index (χ0) is 12.1. The fourth-order valence-electron chi connectivity index (χ4n) is 1.65. The maximum atomic E-state index is 5.13. The van der Waals surface area contributed by atoms with Crippen molar-refractivity contribution in [3.8, 4) is 5.75 Å². The smallest absolute Gasteiger partial charge is 0.118 e. The molecule has 0 atom stereocenters. The maximum Gasteiger partial charge on any atom is 0.118 e. The van der Waals surface area contributed by atoms with Crippen LogP contribution in [0.5, 0.6) is 5.75 Å². The number of ether oxygens (including phenoxy) is 1. The summed E-state index contributed by atoms with van der Waals surface area (Å²) in [6.45, 7) is 3.98. The second-order valence-electron chi connectivity index (χ2n) is 3.98. The van der Waals surface area contributed by atoms with Crippen LogP contribution in [0, 0.1) is 6.92 Å². The minimum atomic E-state index is 0.890. The summed E-state index contributed by atoms with van der Waals surface area (Å²) in [5.41, 5.74) is 2.65. The number of thiophene rings is 1. The Morgan fingerprint density at radius 2 is 1.88 bits per heavy atom. The number of nitrogens with one attached hydrogen (secondary N) is 1. The van der Waals surface area contributed by atoms with Crippen molar-refractivity contribution in [1.29, 1.82) is 0 Å². The van der Waals surface area contributed by atoms with Gasteiger partial charge in [0, 0.05) is 18.0 Å². The lowest BCUT2D eigenvalue weighted by Crippen LogP contribution is -2.12. The van der Waals surface area contributed by atoms with E-state index in [1.807, 2.05) is 23.5 Å².